The van der Waals surface area contributed by atoms with Crippen LogP contribution in [0.15, 0.2) is 78.1 Å². The standard InChI is InChI=1S/C30H31ClN6O4/c31-24-7-4-14-33-27(24)36-17-19-37(20-18-36)28(38)25-26(30(41-35-25)12-15-32-16-13-30)40-29(39)34-23-10-8-22(9-11-23)21-5-2-1-3-6-21/h1-11,14,26,32H,12-13,15-20H2,(H,34,39). The number of halogens is 1. The number of piperidine rings is 1. The summed E-state index contributed by atoms with van der Waals surface area (Å²) in [5, 5.41) is 10.9. The Hall–Kier alpha value is -4.15. The van der Waals surface area contributed by atoms with Gasteiger partial charge < -0.3 is 24.7 Å². The summed E-state index contributed by atoms with van der Waals surface area (Å²) in [5.41, 5.74) is 1.94. The number of carbonyl (C=O) groups is 2. The molecule has 3 aliphatic rings. The predicted molar refractivity (Wildman–Crippen MR) is 157 cm³/mol. The average molecular weight is 575 g/mol. The lowest BCUT2D eigenvalue weighted by atomic mass is 9.84. The Morgan fingerprint density at radius 1 is 0.951 bits per heavy atom. The van der Waals surface area contributed by atoms with Crippen LogP contribution < -0.4 is 15.5 Å². The van der Waals surface area contributed by atoms with Crippen molar-refractivity contribution in [2.75, 3.05) is 49.5 Å². The Bertz CT molecular complexity index is 1420. The van der Waals surface area contributed by atoms with Gasteiger partial charge in [-0.3, -0.25) is 10.1 Å². The molecule has 212 valence electrons. The van der Waals surface area contributed by atoms with Crippen molar-refractivity contribution in [3.63, 3.8) is 0 Å². The fourth-order valence-electron chi connectivity index (χ4n) is 5.53. The molecule has 41 heavy (non-hydrogen) atoms. The van der Waals surface area contributed by atoms with Crippen LogP contribution >= 0.6 is 11.6 Å². The summed E-state index contributed by atoms with van der Waals surface area (Å²) in [5.74, 6) is 0.406. The smallest absolute Gasteiger partial charge is 0.412 e. The third kappa shape index (κ3) is 5.71. The van der Waals surface area contributed by atoms with Gasteiger partial charge in [-0.15, -0.1) is 0 Å². The number of ether oxygens (including phenoxy) is 1. The van der Waals surface area contributed by atoms with E-state index in [0.29, 0.717) is 68.6 Å². The Balaban J connectivity index is 1.13. The molecule has 3 aliphatic heterocycles. The average Bonchev–Trinajstić information content (AvgIpc) is 3.34. The highest BCUT2D eigenvalue weighted by Crippen LogP contribution is 2.36. The number of carbonyl (C=O) groups excluding carboxylic acids is 2. The van der Waals surface area contributed by atoms with Gasteiger partial charge in [0, 0.05) is 50.9 Å². The van der Waals surface area contributed by atoms with Gasteiger partial charge in [0.2, 0.25) is 0 Å². The van der Waals surface area contributed by atoms with Gasteiger partial charge in [0.1, 0.15) is 5.82 Å². The maximum Gasteiger partial charge on any atom is 0.412 e. The molecular formula is C30H31ClN6O4. The van der Waals surface area contributed by atoms with Crippen LogP contribution in [-0.2, 0) is 14.4 Å². The van der Waals surface area contributed by atoms with Gasteiger partial charge in [-0.1, -0.05) is 59.2 Å². The van der Waals surface area contributed by atoms with Crippen molar-refractivity contribution in [1.29, 1.82) is 0 Å². The van der Waals surface area contributed by atoms with Gasteiger partial charge in [0.25, 0.3) is 5.91 Å². The maximum atomic E-state index is 13.7. The summed E-state index contributed by atoms with van der Waals surface area (Å²) < 4.78 is 5.94. The summed E-state index contributed by atoms with van der Waals surface area (Å²) in [6.45, 7) is 3.37. The number of nitrogens with zero attached hydrogens (tertiary/aromatic N) is 4. The second-order valence-corrected chi connectivity index (χ2v) is 10.7. The third-order valence-corrected chi connectivity index (χ3v) is 8.08. The molecule has 2 aromatic carbocycles. The van der Waals surface area contributed by atoms with E-state index in [1.165, 1.54) is 0 Å². The van der Waals surface area contributed by atoms with E-state index < -0.39 is 17.8 Å². The quantitative estimate of drug-likeness (QED) is 0.471. The Labute approximate surface area is 243 Å². The molecule has 0 saturated carbocycles. The predicted octanol–water partition coefficient (Wildman–Crippen LogP) is 4.18. The van der Waals surface area contributed by atoms with Crippen LogP contribution in [-0.4, -0.2) is 78.6 Å². The largest absolute Gasteiger partial charge is 0.435 e. The fraction of sp³-hybridized carbons (Fsp3) is 0.333. The summed E-state index contributed by atoms with van der Waals surface area (Å²) in [4.78, 5) is 40.8. The lowest BCUT2D eigenvalue weighted by Gasteiger charge is -2.37. The number of pyridine rings is 1. The van der Waals surface area contributed by atoms with Crippen LogP contribution in [0.2, 0.25) is 5.02 Å². The van der Waals surface area contributed by atoms with Crippen molar-refractivity contribution >= 4 is 40.8 Å². The molecule has 2 saturated heterocycles. The zero-order chi connectivity index (χ0) is 28.2. The van der Waals surface area contributed by atoms with Crippen molar-refractivity contribution in [2.24, 2.45) is 5.16 Å². The van der Waals surface area contributed by atoms with E-state index in [9.17, 15) is 9.59 Å². The van der Waals surface area contributed by atoms with E-state index in [1.807, 2.05) is 54.6 Å². The summed E-state index contributed by atoms with van der Waals surface area (Å²) in [6.07, 6.45) is 1.23. The number of piperazine rings is 1. The second-order valence-electron chi connectivity index (χ2n) is 10.3. The summed E-state index contributed by atoms with van der Waals surface area (Å²) in [6, 6.07) is 21.1. The van der Waals surface area contributed by atoms with Crippen molar-refractivity contribution in [3.05, 3.63) is 77.9 Å². The molecule has 2 amide bonds. The number of rotatable bonds is 5. The zero-order valence-electron chi connectivity index (χ0n) is 22.5. The van der Waals surface area contributed by atoms with Gasteiger partial charge in [-0.05, 0) is 48.5 Å². The first-order valence-corrected chi connectivity index (χ1v) is 14.1. The van der Waals surface area contributed by atoms with Gasteiger partial charge in [-0.2, -0.15) is 0 Å². The van der Waals surface area contributed by atoms with Crippen LogP contribution in [0, 0.1) is 0 Å². The Morgan fingerprint density at radius 3 is 2.37 bits per heavy atom. The van der Waals surface area contributed by atoms with Crippen molar-refractivity contribution < 1.29 is 19.2 Å². The number of aromatic nitrogens is 1. The second kappa shape index (κ2) is 11.8. The molecule has 6 rings (SSSR count). The summed E-state index contributed by atoms with van der Waals surface area (Å²) in [7, 11) is 0. The Kier molecular flexibility index (Phi) is 7.76. The highest BCUT2D eigenvalue weighted by atomic mass is 35.5. The molecule has 0 bridgehead atoms. The van der Waals surface area contributed by atoms with E-state index >= 15 is 0 Å². The molecule has 11 heteroatoms. The number of benzene rings is 2. The molecule has 1 aromatic heterocycles. The molecule has 0 radical (unpaired) electrons. The van der Waals surface area contributed by atoms with Gasteiger partial charge in [-0.25, -0.2) is 9.78 Å². The van der Waals surface area contributed by atoms with E-state index in [2.05, 4.69) is 25.7 Å². The van der Waals surface area contributed by atoms with E-state index in [-0.39, 0.29) is 11.6 Å². The monoisotopic (exact) mass is 574 g/mol. The molecule has 0 aliphatic carbocycles. The van der Waals surface area contributed by atoms with E-state index in [4.69, 9.17) is 21.2 Å². The molecule has 1 atom stereocenters. The minimum absolute atomic E-state index is 0.116. The highest BCUT2D eigenvalue weighted by Gasteiger charge is 2.55. The molecule has 4 heterocycles. The number of hydrogen-bond donors (Lipinski definition) is 2. The first kappa shape index (κ1) is 27.0. The van der Waals surface area contributed by atoms with E-state index in [0.717, 1.165) is 11.1 Å². The minimum Gasteiger partial charge on any atom is -0.435 e. The van der Waals surface area contributed by atoms with Crippen molar-refractivity contribution in [2.45, 2.75) is 24.5 Å². The molecule has 10 nitrogen and oxygen atoms in total. The highest BCUT2D eigenvalue weighted by molar-refractivity contribution is 6.41. The summed E-state index contributed by atoms with van der Waals surface area (Å²) >= 11 is 6.32. The van der Waals surface area contributed by atoms with Gasteiger partial charge in [0.05, 0.1) is 5.02 Å². The lowest BCUT2D eigenvalue weighted by Crippen LogP contribution is -2.57. The zero-order valence-corrected chi connectivity index (χ0v) is 23.2. The molecular weight excluding hydrogens is 544 g/mol. The van der Waals surface area contributed by atoms with Gasteiger partial charge >= 0.3 is 6.09 Å². The molecule has 3 aromatic rings. The number of oxime groups is 1. The molecule has 1 spiro atoms. The lowest BCUT2D eigenvalue weighted by molar-refractivity contribution is -0.125. The SMILES string of the molecule is O=C(Nc1ccc(-c2ccccc2)cc1)OC1C(C(=O)N2CCN(c3ncccc3Cl)CC2)=NOC12CCNCC2. The number of anilines is 2. The van der Waals surface area contributed by atoms with Crippen LogP contribution in [0.4, 0.5) is 16.3 Å². The van der Waals surface area contributed by atoms with Gasteiger partial charge in [0.15, 0.2) is 17.4 Å². The van der Waals surface area contributed by atoms with Crippen LogP contribution in [0.25, 0.3) is 11.1 Å². The first-order chi connectivity index (χ1) is 20.0. The van der Waals surface area contributed by atoms with Crippen LogP contribution in [0.3, 0.4) is 0 Å². The topological polar surface area (TPSA) is 108 Å². The molecule has 1 unspecified atom stereocenters. The van der Waals surface area contributed by atoms with Crippen molar-refractivity contribution in [1.82, 2.24) is 15.2 Å². The number of amides is 2. The van der Waals surface area contributed by atoms with Crippen LogP contribution in [0.1, 0.15) is 12.8 Å². The normalized spacial score (nSPS) is 19.8. The molecule has 2 N–H and O–H groups in total. The fourth-order valence-corrected chi connectivity index (χ4v) is 5.77. The Morgan fingerprint density at radius 2 is 1.66 bits per heavy atom. The van der Waals surface area contributed by atoms with Crippen molar-refractivity contribution in [3.8, 4) is 11.1 Å². The third-order valence-electron chi connectivity index (χ3n) is 7.79. The first-order valence-electron chi connectivity index (χ1n) is 13.8. The molecule has 2 fully saturated rings. The van der Waals surface area contributed by atoms with Crippen LogP contribution in [0.5, 0.6) is 0 Å². The van der Waals surface area contributed by atoms with E-state index in [1.54, 1.807) is 23.2 Å². The maximum absolute atomic E-state index is 13.7. The number of hydrogen-bond acceptors (Lipinski definition) is 8. The minimum atomic E-state index is -0.927. The number of nitrogens with one attached hydrogen (secondary N) is 2.